The summed E-state index contributed by atoms with van der Waals surface area (Å²) in [5.74, 6) is 1.47. The first-order chi connectivity index (χ1) is 21.2. The molecule has 0 aliphatic carbocycles. The van der Waals surface area contributed by atoms with Crippen molar-refractivity contribution in [3.63, 3.8) is 0 Å². The van der Waals surface area contributed by atoms with Crippen LogP contribution in [0.2, 0.25) is 0 Å². The summed E-state index contributed by atoms with van der Waals surface area (Å²) < 4.78 is 32.6. The Morgan fingerprint density at radius 1 is 0.977 bits per heavy atom. The third kappa shape index (κ3) is 6.37. The molecule has 2 aliphatic heterocycles. The number of fused-ring (bicyclic) bond motifs is 1. The summed E-state index contributed by atoms with van der Waals surface area (Å²) in [7, 11) is -0.460. The van der Waals surface area contributed by atoms with Crippen molar-refractivity contribution in [1.82, 2.24) is 24.8 Å². The molecule has 12 nitrogen and oxygen atoms in total. The molecule has 2 aliphatic rings. The van der Waals surface area contributed by atoms with E-state index in [0.29, 0.717) is 50.4 Å². The highest BCUT2D eigenvalue weighted by Gasteiger charge is 2.27. The molecular formula is C30H36BrN9O3S. The van der Waals surface area contributed by atoms with Crippen LogP contribution in [0.25, 0.3) is 11.0 Å². The third-order valence-electron chi connectivity index (χ3n) is 8.34. The van der Waals surface area contributed by atoms with Gasteiger partial charge in [0.05, 0.1) is 34.7 Å². The predicted octanol–water partition coefficient (Wildman–Crippen LogP) is 5.14. The maximum Gasteiger partial charge on any atom is 0.232 e. The van der Waals surface area contributed by atoms with E-state index in [0.717, 1.165) is 30.7 Å². The summed E-state index contributed by atoms with van der Waals surface area (Å²) in [5.41, 5.74) is 3.73. The van der Waals surface area contributed by atoms with Gasteiger partial charge in [-0.05, 0) is 79.0 Å². The van der Waals surface area contributed by atoms with Gasteiger partial charge >= 0.3 is 0 Å². The Balaban J connectivity index is 1.22. The Bertz CT molecular complexity index is 1760. The monoisotopic (exact) mass is 681 g/mol. The van der Waals surface area contributed by atoms with Crippen LogP contribution in [0.5, 0.6) is 5.75 Å². The Morgan fingerprint density at radius 2 is 1.70 bits per heavy atom. The van der Waals surface area contributed by atoms with Gasteiger partial charge in [-0.1, -0.05) is 0 Å². The van der Waals surface area contributed by atoms with Gasteiger partial charge in [0.25, 0.3) is 0 Å². The van der Waals surface area contributed by atoms with Gasteiger partial charge in [0.15, 0.2) is 0 Å². The highest BCUT2D eigenvalue weighted by Crippen LogP contribution is 2.37. The topological polar surface area (TPSA) is 129 Å². The van der Waals surface area contributed by atoms with Gasteiger partial charge in [-0.15, -0.1) is 0 Å². The van der Waals surface area contributed by atoms with E-state index >= 15 is 0 Å². The number of hydrogen-bond donors (Lipinski definition) is 2. The van der Waals surface area contributed by atoms with Crippen molar-refractivity contribution in [2.24, 2.45) is 0 Å². The molecule has 0 saturated carbocycles. The quantitative estimate of drug-likeness (QED) is 0.244. The lowest BCUT2D eigenvalue weighted by Crippen LogP contribution is -2.43. The molecule has 232 valence electrons. The lowest BCUT2D eigenvalue weighted by atomic mass is 10.0. The molecule has 2 saturated heterocycles. The van der Waals surface area contributed by atoms with Crippen LogP contribution < -0.4 is 24.6 Å². The lowest BCUT2D eigenvalue weighted by molar-refractivity contribution is 0.208. The molecule has 14 heteroatoms. The average Bonchev–Trinajstić information content (AvgIpc) is 3.57. The Hall–Kier alpha value is -3.75. The molecule has 0 atom stereocenters. The van der Waals surface area contributed by atoms with Crippen molar-refractivity contribution in [1.29, 1.82) is 0 Å². The highest BCUT2D eigenvalue weighted by molar-refractivity contribution is 9.10. The number of ether oxygens (including phenoxy) is 1. The van der Waals surface area contributed by atoms with Gasteiger partial charge in [0, 0.05) is 56.5 Å². The first kappa shape index (κ1) is 30.3. The van der Waals surface area contributed by atoms with E-state index in [1.807, 2.05) is 6.07 Å². The number of piperidine rings is 1. The number of rotatable bonds is 9. The molecule has 2 aromatic carbocycles. The number of hydrogen-bond acceptors (Lipinski definition) is 11. The van der Waals surface area contributed by atoms with Crippen molar-refractivity contribution >= 4 is 71.5 Å². The number of methoxy groups -OCH3 is 1. The zero-order chi connectivity index (χ0) is 30.8. The average molecular weight is 683 g/mol. The molecule has 4 heterocycles. The molecule has 4 aromatic rings. The number of anilines is 6. The van der Waals surface area contributed by atoms with Crippen LogP contribution >= 0.6 is 15.9 Å². The van der Waals surface area contributed by atoms with E-state index in [2.05, 4.69) is 68.4 Å². The van der Waals surface area contributed by atoms with Crippen LogP contribution in [0.15, 0.2) is 53.4 Å². The van der Waals surface area contributed by atoms with Crippen LogP contribution in [0.3, 0.4) is 0 Å². The Morgan fingerprint density at radius 3 is 2.43 bits per heavy atom. The van der Waals surface area contributed by atoms with E-state index in [4.69, 9.17) is 4.74 Å². The van der Waals surface area contributed by atoms with Crippen molar-refractivity contribution in [2.75, 3.05) is 66.4 Å². The van der Waals surface area contributed by atoms with Crippen LogP contribution in [0.1, 0.15) is 25.7 Å². The zero-order valence-electron chi connectivity index (χ0n) is 25.0. The molecule has 0 bridgehead atoms. The van der Waals surface area contributed by atoms with Gasteiger partial charge < -0.3 is 25.2 Å². The van der Waals surface area contributed by atoms with Gasteiger partial charge in [-0.25, -0.2) is 13.4 Å². The predicted molar refractivity (Wildman–Crippen MR) is 178 cm³/mol. The van der Waals surface area contributed by atoms with Crippen molar-refractivity contribution in [3.05, 3.63) is 53.4 Å². The number of nitrogens with one attached hydrogen (secondary N) is 2. The zero-order valence-corrected chi connectivity index (χ0v) is 27.4. The van der Waals surface area contributed by atoms with E-state index in [9.17, 15) is 8.42 Å². The molecule has 6 rings (SSSR count). The molecule has 0 spiro atoms. The normalized spacial score (nSPS) is 16.3. The molecular weight excluding hydrogens is 646 g/mol. The van der Waals surface area contributed by atoms with E-state index in [1.165, 1.54) is 56.3 Å². The fourth-order valence-corrected chi connectivity index (χ4v) is 6.75. The molecule has 0 amide bonds. The number of nitrogens with zero attached hydrogens (tertiary/aromatic N) is 7. The number of likely N-dealkylation sites (tertiary alicyclic amines) is 1. The maximum absolute atomic E-state index is 12.5. The standard InChI is InChI=1S/C30H36BrN9O3S/c1-38(44(3,41)42)28-25(9-8-24-27(28)33-13-12-32-24)35-29-22(31)19-34-30(37-29)36-23-7-6-21(18-26(23)43-2)40-16-10-20(11-17-40)39-14-4-5-15-39/h6-9,12-13,18-20H,4-5,10-11,14-17H2,1-3H3,(H2,34,35,36,37). The van der Waals surface area contributed by atoms with E-state index in [-0.39, 0.29) is 0 Å². The van der Waals surface area contributed by atoms with E-state index in [1.54, 1.807) is 31.6 Å². The fraction of sp³-hybridized carbons (Fsp3) is 0.400. The Kier molecular flexibility index (Phi) is 8.74. The number of benzene rings is 2. The van der Waals surface area contributed by atoms with Gasteiger partial charge in [-0.3, -0.25) is 14.3 Å². The largest absolute Gasteiger partial charge is 0.494 e. The third-order valence-corrected chi connectivity index (χ3v) is 10.1. The fourth-order valence-electron chi connectivity index (χ4n) is 5.95. The second-order valence-electron chi connectivity index (χ2n) is 11.1. The highest BCUT2D eigenvalue weighted by atomic mass is 79.9. The summed E-state index contributed by atoms with van der Waals surface area (Å²) in [6.45, 7) is 4.53. The summed E-state index contributed by atoms with van der Waals surface area (Å²) in [5, 5.41) is 6.54. The molecule has 0 unspecified atom stereocenters. The van der Waals surface area contributed by atoms with Crippen molar-refractivity contribution in [3.8, 4) is 5.75 Å². The molecule has 2 N–H and O–H groups in total. The van der Waals surface area contributed by atoms with Gasteiger partial charge in [0.2, 0.25) is 16.0 Å². The lowest BCUT2D eigenvalue weighted by Gasteiger charge is -2.38. The molecule has 2 fully saturated rings. The van der Waals surface area contributed by atoms with E-state index < -0.39 is 10.0 Å². The molecule has 0 radical (unpaired) electrons. The first-order valence-electron chi connectivity index (χ1n) is 14.6. The maximum atomic E-state index is 12.5. The number of aromatic nitrogens is 4. The molecule has 44 heavy (non-hydrogen) atoms. The number of halogens is 1. The minimum Gasteiger partial charge on any atom is -0.494 e. The summed E-state index contributed by atoms with van der Waals surface area (Å²) in [4.78, 5) is 23.0. The smallest absolute Gasteiger partial charge is 0.232 e. The minimum atomic E-state index is -3.60. The van der Waals surface area contributed by atoms with Crippen LogP contribution in [0.4, 0.5) is 34.5 Å². The molecule has 2 aromatic heterocycles. The summed E-state index contributed by atoms with van der Waals surface area (Å²) >= 11 is 3.52. The second-order valence-corrected chi connectivity index (χ2v) is 14.0. The van der Waals surface area contributed by atoms with Crippen LogP contribution in [-0.4, -0.2) is 85.9 Å². The first-order valence-corrected chi connectivity index (χ1v) is 17.3. The Labute approximate surface area is 266 Å². The van der Waals surface area contributed by atoms with Gasteiger partial charge in [-0.2, -0.15) is 4.98 Å². The van der Waals surface area contributed by atoms with Crippen molar-refractivity contribution in [2.45, 2.75) is 31.7 Å². The van der Waals surface area contributed by atoms with Gasteiger partial charge in [0.1, 0.15) is 22.8 Å². The summed E-state index contributed by atoms with van der Waals surface area (Å²) in [6, 6.07) is 10.4. The SMILES string of the molecule is COc1cc(N2CCC(N3CCCC3)CC2)ccc1Nc1ncc(Br)c(Nc2ccc3nccnc3c2N(C)S(C)(=O)=O)n1. The van der Waals surface area contributed by atoms with Crippen LogP contribution in [-0.2, 0) is 10.0 Å². The van der Waals surface area contributed by atoms with Crippen LogP contribution in [0, 0.1) is 0 Å². The number of sulfonamides is 1. The summed E-state index contributed by atoms with van der Waals surface area (Å²) in [6.07, 6.45) is 10.9. The minimum absolute atomic E-state index is 0.340. The van der Waals surface area contributed by atoms with Crippen molar-refractivity contribution < 1.29 is 13.2 Å². The second kappa shape index (κ2) is 12.7.